The van der Waals surface area contributed by atoms with Crippen LogP contribution >= 0.6 is 0 Å². The van der Waals surface area contributed by atoms with Crippen LogP contribution in [0.1, 0.15) is 31.4 Å². The minimum atomic E-state index is -4.53. The Morgan fingerprint density at radius 3 is 2.62 bits per heavy atom. The number of nitrogens with one attached hydrogen (secondary N) is 2. The zero-order valence-electron chi connectivity index (χ0n) is 14.2. The number of H-pyrrole nitrogens is 1. The van der Waals surface area contributed by atoms with Crippen LogP contribution < -0.4 is 5.32 Å². The molecule has 0 aliphatic rings. The molecule has 0 aliphatic heterocycles. The number of imidazole rings is 1. The van der Waals surface area contributed by atoms with Gasteiger partial charge >= 0.3 is 6.18 Å². The molecule has 1 amide bonds. The second kappa shape index (κ2) is 6.81. The topological polar surface area (TPSA) is 75.6 Å². The molecular formula is C17H18F3N5O. The number of amides is 1. The number of aromatic amines is 1. The molecule has 0 fully saturated rings. The van der Waals surface area contributed by atoms with Crippen molar-refractivity contribution in [3.05, 3.63) is 48.0 Å². The molecule has 0 bridgehead atoms. The van der Waals surface area contributed by atoms with Crippen LogP contribution in [-0.4, -0.2) is 25.7 Å². The first-order valence-electron chi connectivity index (χ1n) is 8.08. The number of fused-ring (bicyclic) bond motifs is 1. The van der Waals surface area contributed by atoms with E-state index in [0.717, 1.165) is 28.0 Å². The van der Waals surface area contributed by atoms with Crippen LogP contribution in [0.3, 0.4) is 0 Å². The first kappa shape index (κ1) is 18.0. The molecule has 26 heavy (non-hydrogen) atoms. The highest BCUT2D eigenvalue weighted by Crippen LogP contribution is 2.27. The van der Waals surface area contributed by atoms with E-state index in [2.05, 4.69) is 20.4 Å². The average molecular weight is 365 g/mol. The fourth-order valence-corrected chi connectivity index (χ4v) is 2.64. The van der Waals surface area contributed by atoms with Crippen LogP contribution in [-0.2, 0) is 17.5 Å². The van der Waals surface area contributed by atoms with Crippen molar-refractivity contribution >= 4 is 16.9 Å². The lowest BCUT2D eigenvalue weighted by Crippen LogP contribution is -2.35. The highest BCUT2D eigenvalue weighted by atomic mass is 19.4. The molecule has 2 N–H and O–H groups in total. The zero-order chi connectivity index (χ0) is 18.9. The summed E-state index contributed by atoms with van der Waals surface area (Å²) in [5.74, 6) is 0.190. The van der Waals surface area contributed by atoms with Crippen LogP contribution in [0.15, 0.2) is 36.5 Å². The Kier molecular flexibility index (Phi) is 4.71. The van der Waals surface area contributed by atoms with Gasteiger partial charge < -0.3 is 10.3 Å². The van der Waals surface area contributed by atoms with Crippen molar-refractivity contribution in [1.29, 1.82) is 0 Å². The number of benzene rings is 1. The van der Waals surface area contributed by atoms with Crippen LogP contribution in [0.5, 0.6) is 0 Å². The maximum Gasteiger partial charge on any atom is 0.435 e. The maximum atomic E-state index is 12.6. The molecule has 0 saturated heterocycles. The van der Waals surface area contributed by atoms with E-state index in [1.165, 1.54) is 0 Å². The zero-order valence-corrected chi connectivity index (χ0v) is 14.2. The molecule has 9 heteroatoms. The quantitative estimate of drug-likeness (QED) is 0.729. The molecule has 0 aliphatic carbocycles. The lowest BCUT2D eigenvalue weighted by Gasteiger charge is -2.20. The van der Waals surface area contributed by atoms with Crippen molar-refractivity contribution in [3.63, 3.8) is 0 Å². The Hall–Kier alpha value is -2.84. The summed E-state index contributed by atoms with van der Waals surface area (Å²) in [6.45, 7) is 3.54. The normalized spacial score (nSPS) is 13.3. The van der Waals surface area contributed by atoms with Crippen LogP contribution in [0.25, 0.3) is 11.0 Å². The molecule has 1 aromatic carbocycles. The van der Waals surface area contributed by atoms with Gasteiger partial charge in [-0.2, -0.15) is 18.3 Å². The van der Waals surface area contributed by atoms with E-state index < -0.39 is 23.8 Å². The van der Waals surface area contributed by atoms with E-state index in [1.54, 1.807) is 0 Å². The van der Waals surface area contributed by atoms with E-state index >= 15 is 0 Å². The Morgan fingerprint density at radius 1 is 1.27 bits per heavy atom. The van der Waals surface area contributed by atoms with Crippen LogP contribution in [0.4, 0.5) is 13.2 Å². The molecule has 2 aromatic heterocycles. The Balaban J connectivity index is 1.73. The highest BCUT2D eigenvalue weighted by Gasteiger charge is 2.33. The van der Waals surface area contributed by atoms with Gasteiger partial charge in [0.2, 0.25) is 5.91 Å². The predicted octanol–water partition coefficient (Wildman–Crippen LogP) is 3.29. The standard InChI is InChI=1S/C17H18F3N5O/c1-10(2)15(16-21-11-5-3-4-6-12(11)22-16)23-14(26)9-25-8-7-13(24-25)17(18,19)20/h3-8,10,15H,9H2,1-2H3,(H,21,22)(H,23,26). The van der Waals surface area contributed by atoms with E-state index in [9.17, 15) is 18.0 Å². The number of hydrogen-bond donors (Lipinski definition) is 2. The van der Waals surface area contributed by atoms with Gasteiger partial charge in [-0.15, -0.1) is 0 Å². The minimum Gasteiger partial charge on any atom is -0.344 e. The van der Waals surface area contributed by atoms with Crippen LogP contribution in [0.2, 0.25) is 0 Å². The molecule has 2 heterocycles. The number of rotatable bonds is 5. The monoisotopic (exact) mass is 365 g/mol. The predicted molar refractivity (Wildman–Crippen MR) is 89.0 cm³/mol. The summed E-state index contributed by atoms with van der Waals surface area (Å²) in [4.78, 5) is 19.9. The molecule has 3 rings (SSSR count). The van der Waals surface area contributed by atoms with Crippen molar-refractivity contribution in [3.8, 4) is 0 Å². The van der Waals surface area contributed by atoms with Crippen LogP contribution in [0, 0.1) is 5.92 Å². The number of hydrogen-bond acceptors (Lipinski definition) is 3. The number of para-hydroxylation sites is 2. The highest BCUT2D eigenvalue weighted by molar-refractivity contribution is 5.77. The third-order valence-electron chi connectivity index (χ3n) is 3.92. The second-order valence-corrected chi connectivity index (χ2v) is 6.32. The van der Waals surface area contributed by atoms with Crippen molar-refractivity contribution < 1.29 is 18.0 Å². The van der Waals surface area contributed by atoms with Gasteiger partial charge in [0.15, 0.2) is 5.69 Å². The first-order chi connectivity index (χ1) is 12.2. The Labute approximate surface area is 147 Å². The van der Waals surface area contributed by atoms with E-state index in [4.69, 9.17) is 0 Å². The second-order valence-electron chi connectivity index (χ2n) is 6.32. The van der Waals surface area contributed by atoms with Gasteiger partial charge in [-0.1, -0.05) is 26.0 Å². The van der Waals surface area contributed by atoms with Gasteiger partial charge in [-0.25, -0.2) is 4.98 Å². The minimum absolute atomic E-state index is 0.0304. The summed E-state index contributed by atoms with van der Waals surface area (Å²) in [6, 6.07) is 7.93. The van der Waals surface area contributed by atoms with Crippen molar-refractivity contribution in [2.75, 3.05) is 0 Å². The summed E-state index contributed by atoms with van der Waals surface area (Å²) in [5.41, 5.74) is 0.608. The summed E-state index contributed by atoms with van der Waals surface area (Å²) in [6.07, 6.45) is -3.40. The van der Waals surface area contributed by atoms with Gasteiger partial charge in [-0.3, -0.25) is 9.48 Å². The van der Waals surface area contributed by atoms with E-state index in [0.29, 0.717) is 5.82 Å². The SMILES string of the molecule is CC(C)C(NC(=O)Cn1ccc(C(F)(F)F)n1)c1nc2ccccc2[nH]1. The number of carbonyl (C=O) groups excluding carboxylic acids is 1. The van der Waals surface area contributed by atoms with E-state index in [-0.39, 0.29) is 12.5 Å². The lowest BCUT2D eigenvalue weighted by molar-refractivity contribution is -0.141. The summed E-state index contributed by atoms with van der Waals surface area (Å²) in [5, 5.41) is 6.20. The molecule has 6 nitrogen and oxygen atoms in total. The fourth-order valence-electron chi connectivity index (χ4n) is 2.64. The largest absolute Gasteiger partial charge is 0.435 e. The molecule has 3 aromatic rings. The smallest absolute Gasteiger partial charge is 0.344 e. The lowest BCUT2D eigenvalue weighted by atomic mass is 10.0. The molecule has 1 atom stereocenters. The third kappa shape index (κ3) is 3.87. The molecule has 0 radical (unpaired) electrons. The summed E-state index contributed by atoms with van der Waals surface area (Å²) >= 11 is 0. The van der Waals surface area contributed by atoms with Crippen molar-refractivity contribution in [1.82, 2.24) is 25.1 Å². The molecule has 0 saturated carbocycles. The Bertz CT molecular complexity index is 879. The first-order valence-corrected chi connectivity index (χ1v) is 8.08. The van der Waals surface area contributed by atoms with Gasteiger partial charge in [-0.05, 0) is 24.1 Å². The molecule has 1 unspecified atom stereocenters. The number of halogens is 3. The van der Waals surface area contributed by atoms with Crippen molar-refractivity contribution in [2.45, 2.75) is 32.6 Å². The number of nitrogens with zero attached hydrogens (tertiary/aromatic N) is 3. The van der Waals surface area contributed by atoms with Gasteiger partial charge in [0.1, 0.15) is 12.4 Å². The summed E-state index contributed by atoms with van der Waals surface area (Å²) < 4.78 is 38.7. The number of aromatic nitrogens is 4. The summed E-state index contributed by atoms with van der Waals surface area (Å²) in [7, 11) is 0. The maximum absolute atomic E-state index is 12.6. The molecular weight excluding hydrogens is 347 g/mol. The molecule has 0 spiro atoms. The fraction of sp³-hybridized carbons (Fsp3) is 0.353. The Morgan fingerprint density at radius 2 is 2.00 bits per heavy atom. The number of carbonyl (C=O) groups is 1. The molecule has 138 valence electrons. The number of alkyl halides is 3. The van der Waals surface area contributed by atoms with Gasteiger partial charge in [0, 0.05) is 6.20 Å². The van der Waals surface area contributed by atoms with E-state index in [1.807, 2.05) is 38.1 Å². The van der Waals surface area contributed by atoms with Gasteiger partial charge in [0.05, 0.1) is 17.1 Å². The van der Waals surface area contributed by atoms with Crippen molar-refractivity contribution in [2.24, 2.45) is 5.92 Å². The van der Waals surface area contributed by atoms with Gasteiger partial charge in [0.25, 0.3) is 0 Å². The third-order valence-corrected chi connectivity index (χ3v) is 3.92. The average Bonchev–Trinajstić information content (AvgIpc) is 3.18.